The molecule has 1 heterocycles. The molecular formula is C24H25NO2S. The first-order chi connectivity index (χ1) is 13.3. The van der Waals surface area contributed by atoms with E-state index in [-0.39, 0.29) is 11.3 Å². The van der Waals surface area contributed by atoms with Crippen molar-refractivity contribution >= 4 is 22.9 Å². The van der Waals surface area contributed by atoms with Gasteiger partial charge in [-0.2, -0.15) is 0 Å². The summed E-state index contributed by atoms with van der Waals surface area (Å²) in [7, 11) is 1.69. The zero-order valence-electron chi connectivity index (χ0n) is 16.8. The molecule has 1 aliphatic rings. The minimum absolute atomic E-state index is 0.0435. The van der Waals surface area contributed by atoms with Gasteiger partial charge in [0.1, 0.15) is 5.75 Å². The molecule has 0 saturated carbocycles. The first kappa shape index (κ1) is 18.8. The molecule has 4 rings (SSSR count). The summed E-state index contributed by atoms with van der Waals surface area (Å²) in [4.78, 5) is 14.8. The van der Waals surface area contributed by atoms with Gasteiger partial charge in [-0.1, -0.05) is 32.9 Å². The molecule has 0 aliphatic heterocycles. The van der Waals surface area contributed by atoms with E-state index in [1.807, 2.05) is 24.3 Å². The molecule has 3 aromatic rings. The highest BCUT2D eigenvalue weighted by molar-refractivity contribution is 7.17. The Hall–Kier alpha value is -2.59. The van der Waals surface area contributed by atoms with Gasteiger partial charge in [-0.05, 0) is 76.9 Å². The molecule has 0 spiro atoms. The van der Waals surface area contributed by atoms with Gasteiger partial charge in [-0.3, -0.25) is 4.79 Å². The molecule has 3 nitrogen and oxygen atoms in total. The van der Waals surface area contributed by atoms with E-state index in [0.29, 0.717) is 0 Å². The van der Waals surface area contributed by atoms with Crippen LogP contribution in [-0.2, 0) is 18.3 Å². The van der Waals surface area contributed by atoms with E-state index < -0.39 is 0 Å². The summed E-state index contributed by atoms with van der Waals surface area (Å²) >= 11 is 1.57. The van der Waals surface area contributed by atoms with E-state index in [4.69, 9.17) is 4.74 Å². The molecule has 0 saturated heterocycles. The number of anilines is 1. The Morgan fingerprint density at radius 3 is 2.39 bits per heavy atom. The van der Waals surface area contributed by atoms with Gasteiger partial charge in [0.15, 0.2) is 0 Å². The molecule has 4 heteroatoms. The Balaban J connectivity index is 1.56. The molecule has 1 aromatic heterocycles. The van der Waals surface area contributed by atoms with Crippen LogP contribution in [0, 0.1) is 0 Å². The number of nitrogens with one attached hydrogen (secondary N) is 1. The molecule has 0 unspecified atom stereocenters. The third-order valence-electron chi connectivity index (χ3n) is 5.26. The lowest BCUT2D eigenvalue weighted by Crippen LogP contribution is -2.12. The highest BCUT2D eigenvalue weighted by atomic mass is 32.1. The van der Waals surface area contributed by atoms with Crippen LogP contribution in [0.15, 0.2) is 48.5 Å². The lowest BCUT2D eigenvalue weighted by atomic mass is 9.87. The van der Waals surface area contributed by atoms with Crippen molar-refractivity contribution in [1.29, 1.82) is 0 Å². The Morgan fingerprint density at radius 1 is 1.00 bits per heavy atom. The number of carbonyl (C=O) groups excluding carboxylic acids is 1. The highest BCUT2D eigenvalue weighted by Gasteiger charge is 2.22. The zero-order chi connectivity index (χ0) is 19.9. The number of fused-ring (bicyclic) bond motifs is 3. The van der Waals surface area contributed by atoms with Gasteiger partial charge in [0.25, 0.3) is 5.91 Å². The predicted octanol–water partition coefficient (Wildman–Crippen LogP) is 6.07. The summed E-state index contributed by atoms with van der Waals surface area (Å²) in [6.45, 7) is 6.55. The van der Waals surface area contributed by atoms with Gasteiger partial charge < -0.3 is 10.1 Å². The van der Waals surface area contributed by atoms with Crippen LogP contribution >= 0.6 is 11.3 Å². The van der Waals surface area contributed by atoms with E-state index in [2.05, 4.69) is 50.4 Å². The summed E-state index contributed by atoms with van der Waals surface area (Å²) in [5.74, 6) is 0.841. The first-order valence-electron chi connectivity index (χ1n) is 9.57. The lowest BCUT2D eigenvalue weighted by Gasteiger charge is -2.19. The fourth-order valence-corrected chi connectivity index (χ4v) is 4.76. The summed E-state index contributed by atoms with van der Waals surface area (Å²) in [6.07, 6.45) is 1.94. The van der Waals surface area contributed by atoms with Crippen LogP contribution in [0.4, 0.5) is 5.69 Å². The number of methoxy groups -OCH3 is 1. The number of hydrogen-bond donors (Lipinski definition) is 1. The second kappa shape index (κ2) is 7.10. The molecule has 2 aromatic carbocycles. The van der Waals surface area contributed by atoms with Crippen LogP contribution in [0.2, 0.25) is 0 Å². The third kappa shape index (κ3) is 3.57. The van der Waals surface area contributed by atoms with Crippen LogP contribution in [0.1, 0.15) is 47.1 Å². The van der Waals surface area contributed by atoms with Gasteiger partial charge in [-0.25, -0.2) is 0 Å². The van der Waals surface area contributed by atoms with Crippen LogP contribution in [0.3, 0.4) is 0 Å². The SMILES string of the molecule is COc1ccc2c(c1)CCc1cc(C(=O)Nc3ccc(C(C)(C)C)cc3)sc1-2. The number of benzene rings is 2. The minimum Gasteiger partial charge on any atom is -0.497 e. The number of aryl methyl sites for hydroxylation is 2. The molecule has 1 aliphatic carbocycles. The Labute approximate surface area is 170 Å². The van der Waals surface area contributed by atoms with Crippen LogP contribution in [0.5, 0.6) is 5.75 Å². The summed E-state index contributed by atoms with van der Waals surface area (Å²) < 4.78 is 5.35. The maximum Gasteiger partial charge on any atom is 0.265 e. The number of amides is 1. The standard InChI is InChI=1S/C24H25NO2S/c1-24(2,3)17-7-9-18(10-8-17)25-23(26)21-14-16-6-5-15-13-19(27-4)11-12-20(15)22(16)28-21/h7-14H,5-6H2,1-4H3,(H,25,26). The first-order valence-corrected chi connectivity index (χ1v) is 10.4. The minimum atomic E-state index is -0.0435. The van der Waals surface area contributed by atoms with Crippen molar-refractivity contribution < 1.29 is 9.53 Å². The number of carbonyl (C=O) groups is 1. The van der Waals surface area contributed by atoms with E-state index in [1.54, 1.807) is 18.4 Å². The van der Waals surface area contributed by atoms with Crippen molar-refractivity contribution in [3.8, 4) is 16.2 Å². The Kier molecular flexibility index (Phi) is 4.76. The molecule has 0 atom stereocenters. The molecule has 144 valence electrons. The molecule has 28 heavy (non-hydrogen) atoms. The van der Waals surface area contributed by atoms with Crippen LogP contribution in [-0.4, -0.2) is 13.0 Å². The third-order valence-corrected chi connectivity index (χ3v) is 6.47. The second-order valence-electron chi connectivity index (χ2n) is 8.27. The molecule has 1 N–H and O–H groups in total. The molecule has 1 amide bonds. The monoisotopic (exact) mass is 391 g/mol. The van der Waals surface area contributed by atoms with Gasteiger partial charge >= 0.3 is 0 Å². The van der Waals surface area contributed by atoms with E-state index in [0.717, 1.165) is 29.2 Å². The van der Waals surface area contributed by atoms with Crippen LogP contribution in [0.25, 0.3) is 10.4 Å². The number of rotatable bonds is 3. The molecule has 0 fully saturated rings. The maximum absolute atomic E-state index is 12.8. The fraction of sp³-hybridized carbons (Fsp3) is 0.292. The molecular weight excluding hydrogens is 366 g/mol. The van der Waals surface area contributed by atoms with Gasteiger partial charge in [0, 0.05) is 10.6 Å². The second-order valence-corrected chi connectivity index (χ2v) is 9.32. The van der Waals surface area contributed by atoms with Gasteiger partial charge in [0.2, 0.25) is 0 Å². The van der Waals surface area contributed by atoms with Crippen molar-refractivity contribution in [2.45, 2.75) is 39.0 Å². The van der Waals surface area contributed by atoms with Crippen molar-refractivity contribution in [2.24, 2.45) is 0 Å². The van der Waals surface area contributed by atoms with E-state index >= 15 is 0 Å². The Morgan fingerprint density at radius 2 is 1.71 bits per heavy atom. The zero-order valence-corrected chi connectivity index (χ0v) is 17.6. The van der Waals surface area contributed by atoms with E-state index in [9.17, 15) is 4.79 Å². The summed E-state index contributed by atoms with van der Waals surface area (Å²) in [6, 6.07) is 16.4. The Bertz CT molecular complexity index is 1030. The topological polar surface area (TPSA) is 38.3 Å². The average Bonchev–Trinajstić information content (AvgIpc) is 3.12. The summed E-state index contributed by atoms with van der Waals surface area (Å²) in [5, 5.41) is 3.04. The van der Waals surface area contributed by atoms with E-state index in [1.165, 1.54) is 27.1 Å². The predicted molar refractivity (Wildman–Crippen MR) is 117 cm³/mol. The number of thiophene rings is 1. The lowest BCUT2D eigenvalue weighted by molar-refractivity contribution is 0.103. The largest absolute Gasteiger partial charge is 0.497 e. The van der Waals surface area contributed by atoms with Crippen molar-refractivity contribution in [3.63, 3.8) is 0 Å². The molecule has 0 bridgehead atoms. The van der Waals surface area contributed by atoms with Gasteiger partial charge in [-0.15, -0.1) is 11.3 Å². The van der Waals surface area contributed by atoms with Crippen LogP contribution < -0.4 is 10.1 Å². The normalized spacial score (nSPS) is 12.9. The van der Waals surface area contributed by atoms with Crippen molar-refractivity contribution in [1.82, 2.24) is 0 Å². The summed E-state index contributed by atoms with van der Waals surface area (Å²) in [5.41, 5.74) is 5.96. The number of hydrogen-bond acceptors (Lipinski definition) is 3. The number of ether oxygens (including phenoxy) is 1. The fourth-order valence-electron chi connectivity index (χ4n) is 3.60. The smallest absolute Gasteiger partial charge is 0.265 e. The van der Waals surface area contributed by atoms with Crippen molar-refractivity contribution in [3.05, 3.63) is 70.1 Å². The van der Waals surface area contributed by atoms with Crippen molar-refractivity contribution in [2.75, 3.05) is 12.4 Å². The van der Waals surface area contributed by atoms with Gasteiger partial charge in [0.05, 0.1) is 12.0 Å². The maximum atomic E-state index is 12.8. The quantitative estimate of drug-likeness (QED) is 0.588. The highest BCUT2D eigenvalue weighted by Crippen LogP contribution is 2.41. The average molecular weight is 392 g/mol. The molecule has 0 radical (unpaired) electrons.